The molecule has 1 saturated heterocycles. The fraction of sp³-hybridized carbons (Fsp3) is 0.219. The number of ether oxygens (including phenoxy) is 2. The number of aliphatic hydroxyl groups excluding tert-OH is 1. The molecule has 192 valence electrons. The third kappa shape index (κ3) is 5.12. The van der Waals surface area contributed by atoms with Gasteiger partial charge in [0.1, 0.15) is 0 Å². The third-order valence-electron chi connectivity index (χ3n) is 7.20. The molecule has 1 aromatic heterocycles. The summed E-state index contributed by atoms with van der Waals surface area (Å²) >= 11 is 0. The number of aromatic nitrogens is 2. The minimum absolute atomic E-state index is 0.0199. The van der Waals surface area contributed by atoms with Gasteiger partial charge in [-0.1, -0.05) is 72.8 Å². The minimum atomic E-state index is -0.524. The molecule has 6 rings (SSSR count). The van der Waals surface area contributed by atoms with Crippen molar-refractivity contribution in [3.63, 3.8) is 0 Å². The van der Waals surface area contributed by atoms with Gasteiger partial charge in [0, 0.05) is 18.5 Å². The van der Waals surface area contributed by atoms with E-state index in [4.69, 9.17) is 15.2 Å². The van der Waals surface area contributed by atoms with E-state index in [1.54, 1.807) is 0 Å². The van der Waals surface area contributed by atoms with Crippen molar-refractivity contribution in [2.75, 3.05) is 0 Å². The van der Waals surface area contributed by atoms with Crippen LogP contribution in [0, 0.1) is 0 Å². The van der Waals surface area contributed by atoms with Gasteiger partial charge in [0.05, 0.1) is 42.7 Å². The molecular formula is C32H31N3O3. The molecule has 6 nitrogen and oxygen atoms in total. The Morgan fingerprint density at radius 3 is 2.42 bits per heavy atom. The predicted octanol–water partition coefficient (Wildman–Crippen LogP) is 5.90. The normalized spacial score (nSPS) is 19.6. The summed E-state index contributed by atoms with van der Waals surface area (Å²) in [5, 5.41) is 9.49. The Kier molecular flexibility index (Phi) is 7.03. The summed E-state index contributed by atoms with van der Waals surface area (Å²) in [7, 11) is 0. The van der Waals surface area contributed by atoms with E-state index in [1.165, 1.54) is 0 Å². The molecule has 1 aliphatic heterocycles. The van der Waals surface area contributed by atoms with Crippen LogP contribution in [0.1, 0.15) is 41.1 Å². The van der Waals surface area contributed by atoms with Gasteiger partial charge >= 0.3 is 0 Å². The van der Waals surface area contributed by atoms with E-state index in [-0.39, 0.29) is 18.8 Å². The first kappa shape index (κ1) is 24.5. The van der Waals surface area contributed by atoms with E-state index in [0.717, 1.165) is 44.4 Å². The molecule has 0 saturated carbocycles. The molecule has 5 aromatic rings. The topological polar surface area (TPSA) is 82.5 Å². The van der Waals surface area contributed by atoms with Crippen LogP contribution in [0.15, 0.2) is 103 Å². The Balaban J connectivity index is 1.32. The Morgan fingerprint density at radius 2 is 1.61 bits per heavy atom. The van der Waals surface area contributed by atoms with E-state index in [2.05, 4.69) is 45.9 Å². The zero-order valence-corrected chi connectivity index (χ0v) is 21.1. The number of fused-ring (bicyclic) bond motifs is 1. The van der Waals surface area contributed by atoms with Crippen LogP contribution in [0.4, 0.5) is 0 Å². The van der Waals surface area contributed by atoms with Crippen LogP contribution in [0.3, 0.4) is 0 Å². The van der Waals surface area contributed by atoms with E-state index >= 15 is 0 Å². The van der Waals surface area contributed by atoms with Crippen molar-refractivity contribution >= 4 is 11.0 Å². The summed E-state index contributed by atoms with van der Waals surface area (Å²) in [5.74, 6) is 0. The molecule has 0 radical (unpaired) electrons. The highest BCUT2D eigenvalue weighted by molar-refractivity contribution is 5.74. The number of nitrogens with two attached hydrogens (primary N) is 1. The lowest BCUT2D eigenvalue weighted by atomic mass is 9.98. The molecule has 4 aromatic carbocycles. The number of imidazole rings is 1. The summed E-state index contributed by atoms with van der Waals surface area (Å²) in [6.07, 6.45) is 1.83. The predicted molar refractivity (Wildman–Crippen MR) is 148 cm³/mol. The van der Waals surface area contributed by atoms with Crippen LogP contribution >= 0.6 is 0 Å². The molecule has 0 aliphatic carbocycles. The van der Waals surface area contributed by atoms with Gasteiger partial charge in [-0.3, -0.25) is 0 Å². The van der Waals surface area contributed by atoms with Gasteiger partial charge in [0.25, 0.3) is 0 Å². The van der Waals surface area contributed by atoms with Crippen molar-refractivity contribution in [3.05, 3.63) is 126 Å². The monoisotopic (exact) mass is 505 g/mol. The van der Waals surface area contributed by atoms with Gasteiger partial charge in [-0.25, -0.2) is 4.98 Å². The van der Waals surface area contributed by atoms with Crippen molar-refractivity contribution < 1.29 is 14.6 Å². The SMILES string of the molecule is NCc1cccc(-c2cccc([C@H]3O[C@@H](Cn4cnc5ccccc54)C[C@@H](c4ccc(CO)cc4)O3)c2)c1. The second-order valence-corrected chi connectivity index (χ2v) is 9.77. The highest BCUT2D eigenvalue weighted by Gasteiger charge is 2.32. The van der Waals surface area contributed by atoms with Crippen LogP contribution in [0.25, 0.3) is 22.2 Å². The third-order valence-corrected chi connectivity index (χ3v) is 7.20. The summed E-state index contributed by atoms with van der Waals surface area (Å²) in [6.45, 7) is 1.19. The first-order valence-corrected chi connectivity index (χ1v) is 13.0. The summed E-state index contributed by atoms with van der Waals surface area (Å²) in [5.41, 5.74) is 14.2. The van der Waals surface area contributed by atoms with Crippen molar-refractivity contribution in [2.45, 2.75) is 44.6 Å². The molecule has 0 amide bonds. The van der Waals surface area contributed by atoms with Crippen molar-refractivity contribution in [1.29, 1.82) is 0 Å². The van der Waals surface area contributed by atoms with Gasteiger partial charge in [0.2, 0.25) is 0 Å². The quantitative estimate of drug-likeness (QED) is 0.288. The molecule has 0 spiro atoms. The van der Waals surface area contributed by atoms with E-state index in [9.17, 15) is 5.11 Å². The van der Waals surface area contributed by atoms with Gasteiger partial charge < -0.3 is 24.9 Å². The molecule has 38 heavy (non-hydrogen) atoms. The van der Waals surface area contributed by atoms with E-state index in [0.29, 0.717) is 19.5 Å². The maximum Gasteiger partial charge on any atom is 0.184 e. The van der Waals surface area contributed by atoms with Crippen LogP contribution < -0.4 is 5.73 Å². The number of nitrogens with zero attached hydrogens (tertiary/aromatic N) is 2. The molecule has 1 aliphatic rings. The highest BCUT2D eigenvalue weighted by atomic mass is 16.7. The average molecular weight is 506 g/mol. The Hall–Kier alpha value is -3.81. The molecule has 3 atom stereocenters. The maximum atomic E-state index is 9.49. The number of rotatable bonds is 7. The van der Waals surface area contributed by atoms with E-state index < -0.39 is 6.29 Å². The van der Waals surface area contributed by atoms with Crippen LogP contribution in [0.2, 0.25) is 0 Å². The Labute approximate surface area is 222 Å². The molecule has 3 N–H and O–H groups in total. The second-order valence-electron chi connectivity index (χ2n) is 9.77. The standard InChI is InChI=1S/C32H31N3O3/c33-18-23-5-3-6-25(15-23)26-7-4-8-27(16-26)32-37-28(19-35-21-34-29-9-1-2-10-30(29)35)17-31(38-32)24-13-11-22(20-36)12-14-24/h1-16,21,28,31-32,36H,17-20,33H2/t28-,31+,32+/m1/s1. The Morgan fingerprint density at radius 1 is 0.816 bits per heavy atom. The van der Waals surface area contributed by atoms with Crippen LogP contribution in [0.5, 0.6) is 0 Å². The molecule has 1 fully saturated rings. The van der Waals surface area contributed by atoms with E-state index in [1.807, 2.05) is 67.0 Å². The lowest BCUT2D eigenvalue weighted by molar-refractivity contribution is -0.252. The fourth-order valence-corrected chi connectivity index (χ4v) is 5.15. The summed E-state index contributed by atoms with van der Waals surface area (Å²) in [6, 6.07) is 32.8. The number of para-hydroxylation sites is 2. The zero-order chi connectivity index (χ0) is 25.9. The zero-order valence-electron chi connectivity index (χ0n) is 21.1. The number of hydrogen-bond acceptors (Lipinski definition) is 5. The van der Waals surface area contributed by atoms with Gasteiger partial charge in [-0.15, -0.1) is 0 Å². The Bertz CT molecular complexity index is 1530. The molecule has 2 heterocycles. The molecule has 0 unspecified atom stereocenters. The lowest BCUT2D eigenvalue weighted by Crippen LogP contribution is -2.32. The number of hydrogen-bond donors (Lipinski definition) is 2. The molecular weight excluding hydrogens is 474 g/mol. The average Bonchev–Trinajstić information content (AvgIpc) is 3.39. The first-order chi connectivity index (χ1) is 18.7. The summed E-state index contributed by atoms with van der Waals surface area (Å²) in [4.78, 5) is 4.56. The van der Waals surface area contributed by atoms with Crippen molar-refractivity contribution in [3.8, 4) is 11.1 Å². The first-order valence-electron chi connectivity index (χ1n) is 13.0. The summed E-state index contributed by atoms with van der Waals surface area (Å²) < 4.78 is 15.3. The maximum absolute atomic E-state index is 9.49. The second kappa shape index (κ2) is 10.9. The molecule has 6 heteroatoms. The van der Waals surface area contributed by atoms with Gasteiger partial charge in [-0.2, -0.15) is 0 Å². The smallest absolute Gasteiger partial charge is 0.184 e. The fourth-order valence-electron chi connectivity index (χ4n) is 5.15. The van der Waals surface area contributed by atoms with Crippen molar-refractivity contribution in [1.82, 2.24) is 9.55 Å². The van der Waals surface area contributed by atoms with Gasteiger partial charge in [-0.05, 0) is 52.1 Å². The molecule has 0 bridgehead atoms. The minimum Gasteiger partial charge on any atom is -0.392 e. The number of aliphatic hydroxyl groups is 1. The number of benzene rings is 4. The van der Waals surface area contributed by atoms with Crippen LogP contribution in [-0.2, 0) is 29.2 Å². The van der Waals surface area contributed by atoms with Crippen molar-refractivity contribution in [2.24, 2.45) is 5.73 Å². The van der Waals surface area contributed by atoms with Crippen LogP contribution in [-0.4, -0.2) is 20.8 Å². The lowest BCUT2D eigenvalue weighted by Gasteiger charge is -2.36. The van der Waals surface area contributed by atoms with Gasteiger partial charge in [0.15, 0.2) is 6.29 Å². The highest BCUT2D eigenvalue weighted by Crippen LogP contribution is 2.39. The largest absolute Gasteiger partial charge is 0.392 e.